The molecule has 0 heterocycles. The van der Waals surface area contributed by atoms with Gasteiger partial charge in [0.15, 0.2) is 0 Å². The fourth-order valence-electron chi connectivity index (χ4n) is 1.30. The predicted molar refractivity (Wildman–Crippen MR) is 69.3 cm³/mol. The molecule has 0 aromatic rings. The van der Waals surface area contributed by atoms with Crippen LogP contribution >= 0.6 is 12.6 Å². The van der Waals surface area contributed by atoms with Gasteiger partial charge in [0.1, 0.15) is 0 Å². The second kappa shape index (κ2) is 8.03. The Morgan fingerprint density at radius 2 is 1.80 bits per heavy atom. The van der Waals surface area contributed by atoms with Crippen LogP contribution in [0.4, 0.5) is 0 Å². The van der Waals surface area contributed by atoms with Crippen LogP contribution in [0.15, 0.2) is 0 Å². The zero-order chi connectivity index (χ0) is 11.8. The Hall–Kier alpha value is -0.180. The van der Waals surface area contributed by atoms with E-state index in [1.165, 1.54) is 12.8 Å². The van der Waals surface area contributed by atoms with Gasteiger partial charge >= 0.3 is 0 Å². The zero-order valence-corrected chi connectivity index (χ0v) is 11.3. The number of carbonyl (C=O) groups is 1. The van der Waals surface area contributed by atoms with E-state index >= 15 is 0 Å². The van der Waals surface area contributed by atoms with Gasteiger partial charge in [-0.1, -0.05) is 40.5 Å². The maximum Gasteiger partial charge on any atom is 0.233 e. The van der Waals surface area contributed by atoms with Crippen LogP contribution in [0.25, 0.3) is 0 Å². The fraction of sp³-hybridized carbons (Fsp3) is 0.917. The molecule has 0 aromatic heterocycles. The second-order valence-corrected chi connectivity index (χ2v) is 5.43. The van der Waals surface area contributed by atoms with E-state index in [-0.39, 0.29) is 11.2 Å². The summed E-state index contributed by atoms with van der Waals surface area (Å²) in [6.45, 7) is 9.25. The van der Waals surface area contributed by atoms with Crippen molar-refractivity contribution < 1.29 is 4.79 Å². The lowest BCUT2D eigenvalue weighted by Crippen LogP contribution is -2.34. The second-order valence-electron chi connectivity index (χ2n) is 4.87. The molecule has 2 nitrogen and oxygen atoms in total. The third-order valence-corrected chi connectivity index (χ3v) is 3.24. The van der Waals surface area contributed by atoms with Crippen LogP contribution in [0.3, 0.4) is 0 Å². The Labute approximate surface area is 99.6 Å². The number of hydrogen-bond acceptors (Lipinski definition) is 2. The Balaban J connectivity index is 3.47. The first kappa shape index (κ1) is 14.8. The van der Waals surface area contributed by atoms with E-state index in [2.05, 4.69) is 31.8 Å². The van der Waals surface area contributed by atoms with Gasteiger partial charge < -0.3 is 5.32 Å². The van der Waals surface area contributed by atoms with Crippen LogP contribution in [0.2, 0.25) is 0 Å². The molecule has 0 saturated carbocycles. The molecule has 0 saturated heterocycles. The molecular weight excluding hydrogens is 206 g/mol. The number of carbonyl (C=O) groups excluding carboxylic acids is 1. The van der Waals surface area contributed by atoms with Crippen LogP contribution in [-0.2, 0) is 4.79 Å². The van der Waals surface area contributed by atoms with Gasteiger partial charge in [-0.2, -0.15) is 12.6 Å². The molecule has 0 bridgehead atoms. The van der Waals surface area contributed by atoms with E-state index in [1.54, 1.807) is 0 Å². The van der Waals surface area contributed by atoms with Gasteiger partial charge in [0.05, 0.1) is 5.25 Å². The molecule has 0 radical (unpaired) electrons. The summed E-state index contributed by atoms with van der Waals surface area (Å²) in [5.41, 5.74) is 0. The molecule has 1 N–H and O–H groups in total. The van der Waals surface area contributed by atoms with Crippen LogP contribution < -0.4 is 5.32 Å². The minimum atomic E-state index is -0.171. The molecule has 0 spiro atoms. The summed E-state index contributed by atoms with van der Waals surface area (Å²) in [5, 5.41) is 2.75. The van der Waals surface area contributed by atoms with Gasteiger partial charge in [-0.05, 0) is 18.3 Å². The molecular formula is C12H25NOS. The van der Waals surface area contributed by atoms with Crippen molar-refractivity contribution in [3.63, 3.8) is 0 Å². The Kier molecular flexibility index (Phi) is 7.93. The van der Waals surface area contributed by atoms with Gasteiger partial charge in [-0.15, -0.1) is 0 Å². The number of rotatable bonds is 7. The highest BCUT2D eigenvalue weighted by molar-refractivity contribution is 7.81. The summed E-state index contributed by atoms with van der Waals surface area (Å²) < 4.78 is 0. The van der Waals surface area contributed by atoms with E-state index in [9.17, 15) is 4.79 Å². The number of hydrogen-bond donors (Lipinski definition) is 2. The van der Waals surface area contributed by atoms with E-state index in [0.717, 1.165) is 18.9 Å². The summed E-state index contributed by atoms with van der Waals surface area (Å²) in [6.07, 6.45) is 3.50. The zero-order valence-electron chi connectivity index (χ0n) is 10.4. The van der Waals surface area contributed by atoms with Crippen molar-refractivity contribution in [3.05, 3.63) is 0 Å². The van der Waals surface area contributed by atoms with Gasteiger partial charge in [0.25, 0.3) is 0 Å². The molecule has 1 atom stereocenters. The van der Waals surface area contributed by atoms with Crippen LogP contribution in [0.1, 0.15) is 47.0 Å². The monoisotopic (exact) mass is 231 g/mol. The molecule has 0 aromatic carbocycles. The molecule has 0 fully saturated rings. The third kappa shape index (κ3) is 7.71. The summed E-state index contributed by atoms with van der Waals surface area (Å²) in [6, 6.07) is 0. The Bertz CT molecular complexity index is 180. The maximum atomic E-state index is 11.5. The average Bonchev–Trinajstić information content (AvgIpc) is 2.15. The number of thiol groups is 1. The first-order valence-electron chi connectivity index (χ1n) is 5.91. The molecule has 3 heteroatoms. The van der Waals surface area contributed by atoms with Crippen LogP contribution in [0, 0.1) is 11.8 Å². The van der Waals surface area contributed by atoms with Crippen molar-refractivity contribution in [3.8, 4) is 0 Å². The lowest BCUT2D eigenvalue weighted by molar-refractivity contribution is -0.121. The minimum absolute atomic E-state index is 0.0675. The predicted octanol–water partition coefficient (Wildman–Crippen LogP) is 2.88. The van der Waals surface area contributed by atoms with Crippen molar-refractivity contribution in [1.82, 2.24) is 5.32 Å². The van der Waals surface area contributed by atoms with Crippen LogP contribution in [0.5, 0.6) is 0 Å². The van der Waals surface area contributed by atoms with Gasteiger partial charge in [0, 0.05) is 6.54 Å². The highest BCUT2D eigenvalue weighted by atomic mass is 32.1. The SMILES string of the molecule is CC(C)CCCCNC(=O)C(S)C(C)C. The first-order valence-corrected chi connectivity index (χ1v) is 6.42. The molecule has 90 valence electrons. The standard InChI is InChI=1S/C12H25NOS/c1-9(2)7-5-6-8-13-12(14)11(15)10(3)4/h9-11,15H,5-8H2,1-4H3,(H,13,14). The van der Waals surface area contributed by atoms with Crippen molar-refractivity contribution in [2.75, 3.05) is 6.54 Å². The normalized spacial score (nSPS) is 13.3. The molecule has 1 unspecified atom stereocenters. The quantitative estimate of drug-likeness (QED) is 0.512. The highest BCUT2D eigenvalue weighted by Crippen LogP contribution is 2.09. The third-order valence-electron chi connectivity index (χ3n) is 2.41. The van der Waals surface area contributed by atoms with Crippen molar-refractivity contribution in [1.29, 1.82) is 0 Å². The summed E-state index contributed by atoms with van der Waals surface area (Å²) >= 11 is 4.27. The largest absolute Gasteiger partial charge is 0.355 e. The summed E-state index contributed by atoms with van der Waals surface area (Å²) in [5.74, 6) is 1.12. The van der Waals surface area contributed by atoms with Crippen molar-refractivity contribution in [2.24, 2.45) is 11.8 Å². The molecule has 0 rings (SSSR count). The first-order chi connectivity index (χ1) is 6.95. The lowest BCUT2D eigenvalue weighted by Gasteiger charge is -2.14. The van der Waals surface area contributed by atoms with Crippen molar-refractivity contribution >= 4 is 18.5 Å². The number of amides is 1. The maximum absolute atomic E-state index is 11.5. The molecule has 1 amide bonds. The molecule has 0 aliphatic carbocycles. The van der Waals surface area contributed by atoms with E-state index in [1.807, 2.05) is 13.8 Å². The molecule has 0 aliphatic rings. The van der Waals surface area contributed by atoms with E-state index in [4.69, 9.17) is 0 Å². The smallest absolute Gasteiger partial charge is 0.233 e. The van der Waals surface area contributed by atoms with Gasteiger partial charge in [-0.25, -0.2) is 0 Å². The van der Waals surface area contributed by atoms with E-state index < -0.39 is 0 Å². The Morgan fingerprint density at radius 3 is 2.27 bits per heavy atom. The topological polar surface area (TPSA) is 29.1 Å². The van der Waals surface area contributed by atoms with Gasteiger partial charge in [-0.3, -0.25) is 4.79 Å². The van der Waals surface area contributed by atoms with E-state index in [0.29, 0.717) is 5.92 Å². The average molecular weight is 231 g/mol. The molecule has 0 aliphatic heterocycles. The molecule has 15 heavy (non-hydrogen) atoms. The lowest BCUT2D eigenvalue weighted by atomic mass is 10.1. The summed E-state index contributed by atoms with van der Waals surface area (Å²) in [4.78, 5) is 11.5. The summed E-state index contributed by atoms with van der Waals surface area (Å²) in [7, 11) is 0. The van der Waals surface area contributed by atoms with Crippen molar-refractivity contribution in [2.45, 2.75) is 52.2 Å². The van der Waals surface area contributed by atoms with Gasteiger partial charge in [0.2, 0.25) is 5.91 Å². The Morgan fingerprint density at radius 1 is 1.20 bits per heavy atom. The minimum Gasteiger partial charge on any atom is -0.355 e. The number of nitrogens with one attached hydrogen (secondary N) is 1. The van der Waals surface area contributed by atoms with Crippen LogP contribution in [-0.4, -0.2) is 17.7 Å². The number of unbranched alkanes of at least 4 members (excludes halogenated alkanes) is 1. The fourth-order valence-corrected chi connectivity index (χ4v) is 1.39. The highest BCUT2D eigenvalue weighted by Gasteiger charge is 2.16.